The van der Waals surface area contributed by atoms with Crippen LogP contribution in [0.5, 0.6) is 0 Å². The van der Waals surface area contributed by atoms with E-state index in [-0.39, 0.29) is 12.0 Å². The lowest BCUT2D eigenvalue weighted by Crippen LogP contribution is -2.54. The topological polar surface area (TPSA) is 44.8 Å². The number of piperazine rings is 1. The Balaban J connectivity index is 1.54. The zero-order chi connectivity index (χ0) is 20.6. The number of rotatable bonds is 7. The molecule has 7 heteroatoms. The van der Waals surface area contributed by atoms with E-state index < -0.39 is 0 Å². The van der Waals surface area contributed by atoms with Crippen molar-refractivity contribution in [3.63, 3.8) is 0 Å². The highest BCUT2D eigenvalue weighted by Gasteiger charge is 2.24. The van der Waals surface area contributed by atoms with Crippen molar-refractivity contribution in [3.8, 4) is 0 Å². The summed E-state index contributed by atoms with van der Waals surface area (Å²) in [5.74, 6) is 0.629. The molecule has 1 aliphatic heterocycles. The van der Waals surface area contributed by atoms with Crippen LogP contribution in [0.25, 0.3) is 10.8 Å². The molecule has 0 unspecified atom stereocenters. The van der Waals surface area contributed by atoms with Gasteiger partial charge in [0.05, 0.1) is 7.11 Å². The molecule has 0 amide bonds. The molecule has 1 heterocycles. The molecule has 1 atom stereocenters. The Labute approximate surface area is 182 Å². The maximum absolute atomic E-state index is 12.0. The highest BCUT2D eigenvalue weighted by Crippen LogP contribution is 2.20. The van der Waals surface area contributed by atoms with Crippen molar-refractivity contribution in [2.24, 2.45) is 0 Å². The summed E-state index contributed by atoms with van der Waals surface area (Å²) < 4.78 is 4.92. The lowest BCUT2D eigenvalue weighted by Gasteiger charge is -2.37. The third-order valence-corrected chi connectivity index (χ3v) is 6.35. The van der Waals surface area contributed by atoms with Gasteiger partial charge < -0.3 is 15.0 Å². The van der Waals surface area contributed by atoms with Crippen molar-refractivity contribution in [3.05, 3.63) is 48.0 Å². The maximum Gasteiger partial charge on any atom is 0.328 e. The van der Waals surface area contributed by atoms with Crippen LogP contribution in [0.4, 0.5) is 0 Å². The monoisotopic (exact) mass is 431 g/mol. The summed E-state index contributed by atoms with van der Waals surface area (Å²) in [6.45, 7) is 4.53. The second-order valence-electron chi connectivity index (χ2n) is 7.21. The minimum Gasteiger partial charge on any atom is -0.467 e. The summed E-state index contributed by atoms with van der Waals surface area (Å²) >= 11 is 7.29. The summed E-state index contributed by atoms with van der Waals surface area (Å²) in [5.41, 5.74) is 1.36. The smallest absolute Gasteiger partial charge is 0.328 e. The van der Waals surface area contributed by atoms with Crippen molar-refractivity contribution in [2.75, 3.05) is 45.3 Å². The van der Waals surface area contributed by atoms with Crippen LogP contribution < -0.4 is 5.32 Å². The van der Waals surface area contributed by atoms with Crippen LogP contribution in [-0.2, 0) is 16.1 Å². The number of carbonyl (C=O) groups excluding carboxylic acids is 1. The van der Waals surface area contributed by atoms with Gasteiger partial charge in [0.2, 0.25) is 0 Å². The van der Waals surface area contributed by atoms with Crippen LogP contribution in [0.3, 0.4) is 0 Å². The Morgan fingerprint density at radius 2 is 1.90 bits per heavy atom. The van der Waals surface area contributed by atoms with Crippen molar-refractivity contribution in [2.45, 2.75) is 19.0 Å². The SMILES string of the molecule is COC(=O)[C@@H](CCSC)NC(=S)N1CCN(Cc2cccc3ccccc23)CC1. The van der Waals surface area contributed by atoms with Crippen LogP contribution >= 0.6 is 24.0 Å². The fraction of sp³-hybridized carbons (Fsp3) is 0.455. The highest BCUT2D eigenvalue weighted by atomic mass is 32.2. The normalized spacial score (nSPS) is 15.9. The van der Waals surface area contributed by atoms with Gasteiger partial charge in [-0.3, -0.25) is 4.90 Å². The summed E-state index contributed by atoms with van der Waals surface area (Å²) in [6, 6.07) is 14.7. The van der Waals surface area contributed by atoms with Gasteiger partial charge in [0, 0.05) is 32.7 Å². The molecule has 0 aromatic heterocycles. The third-order valence-electron chi connectivity index (χ3n) is 5.33. The number of thioether (sulfide) groups is 1. The van der Waals surface area contributed by atoms with Gasteiger partial charge in [0.1, 0.15) is 6.04 Å². The number of thiocarbonyl (C=S) groups is 1. The van der Waals surface area contributed by atoms with Gasteiger partial charge in [-0.05, 0) is 47.0 Å². The fourth-order valence-electron chi connectivity index (χ4n) is 3.65. The first kappa shape index (κ1) is 21.9. The average Bonchev–Trinajstić information content (AvgIpc) is 2.76. The molecule has 0 radical (unpaired) electrons. The van der Waals surface area contributed by atoms with Gasteiger partial charge in [-0.25, -0.2) is 4.79 Å². The van der Waals surface area contributed by atoms with Gasteiger partial charge in [0.25, 0.3) is 0 Å². The molecule has 0 bridgehead atoms. The fourth-order valence-corrected chi connectivity index (χ4v) is 4.44. The number of hydrogen-bond acceptors (Lipinski definition) is 5. The zero-order valence-electron chi connectivity index (χ0n) is 17.1. The Morgan fingerprint density at radius 3 is 2.62 bits per heavy atom. The van der Waals surface area contributed by atoms with E-state index in [4.69, 9.17) is 17.0 Å². The molecular formula is C22H29N3O2S2. The molecule has 0 aliphatic carbocycles. The molecule has 2 aromatic carbocycles. The molecule has 3 rings (SSSR count). The summed E-state index contributed by atoms with van der Waals surface area (Å²) in [6.07, 6.45) is 2.73. The van der Waals surface area contributed by atoms with Crippen molar-refractivity contribution >= 4 is 45.8 Å². The molecule has 2 aromatic rings. The average molecular weight is 432 g/mol. The minimum absolute atomic E-state index is 0.254. The Bertz CT molecular complexity index is 832. The van der Waals surface area contributed by atoms with Gasteiger partial charge in [0.15, 0.2) is 5.11 Å². The largest absolute Gasteiger partial charge is 0.467 e. The molecule has 1 aliphatic rings. The first-order valence-electron chi connectivity index (χ1n) is 9.93. The first-order valence-corrected chi connectivity index (χ1v) is 11.7. The number of hydrogen-bond donors (Lipinski definition) is 1. The van der Waals surface area contributed by atoms with Crippen LogP contribution in [0.15, 0.2) is 42.5 Å². The molecule has 1 N–H and O–H groups in total. The summed E-state index contributed by atoms with van der Waals surface area (Å²) in [7, 11) is 1.42. The molecule has 0 spiro atoms. The quantitative estimate of drug-likeness (QED) is 0.534. The number of esters is 1. The summed E-state index contributed by atoms with van der Waals surface area (Å²) in [5, 5.41) is 6.47. The lowest BCUT2D eigenvalue weighted by atomic mass is 10.0. The maximum atomic E-state index is 12.0. The Kier molecular flexibility index (Phi) is 8.15. The minimum atomic E-state index is -0.381. The van der Waals surface area contributed by atoms with Gasteiger partial charge in [-0.2, -0.15) is 11.8 Å². The predicted molar refractivity (Wildman–Crippen MR) is 125 cm³/mol. The highest BCUT2D eigenvalue weighted by molar-refractivity contribution is 7.98. The number of nitrogens with one attached hydrogen (secondary N) is 1. The van der Waals surface area contributed by atoms with Crippen LogP contribution in [0.1, 0.15) is 12.0 Å². The summed E-state index contributed by atoms with van der Waals surface area (Å²) in [4.78, 5) is 16.6. The molecule has 29 heavy (non-hydrogen) atoms. The van der Waals surface area contributed by atoms with E-state index in [9.17, 15) is 4.79 Å². The number of fused-ring (bicyclic) bond motifs is 1. The number of ether oxygens (including phenoxy) is 1. The number of nitrogens with zero attached hydrogens (tertiary/aromatic N) is 2. The Hall–Kier alpha value is -1.83. The molecular weight excluding hydrogens is 402 g/mol. The number of carbonyl (C=O) groups is 1. The Morgan fingerprint density at radius 1 is 1.17 bits per heavy atom. The molecule has 5 nitrogen and oxygen atoms in total. The van der Waals surface area contributed by atoms with Crippen LogP contribution in [0, 0.1) is 0 Å². The van der Waals surface area contributed by atoms with E-state index in [1.807, 2.05) is 6.26 Å². The van der Waals surface area contributed by atoms with E-state index in [0.29, 0.717) is 11.5 Å². The van der Waals surface area contributed by atoms with E-state index in [2.05, 4.69) is 57.6 Å². The van der Waals surface area contributed by atoms with Gasteiger partial charge in [-0.1, -0.05) is 42.5 Å². The first-order chi connectivity index (χ1) is 14.1. The van der Waals surface area contributed by atoms with E-state index in [1.165, 1.54) is 23.4 Å². The van der Waals surface area contributed by atoms with Crippen LogP contribution in [-0.4, -0.2) is 72.2 Å². The molecule has 1 saturated heterocycles. The van der Waals surface area contributed by atoms with Crippen molar-refractivity contribution in [1.82, 2.24) is 15.1 Å². The molecule has 1 fully saturated rings. The third kappa shape index (κ3) is 5.84. The second kappa shape index (κ2) is 10.8. The van der Waals surface area contributed by atoms with Crippen molar-refractivity contribution < 1.29 is 9.53 Å². The zero-order valence-corrected chi connectivity index (χ0v) is 18.7. The van der Waals surface area contributed by atoms with E-state index in [1.54, 1.807) is 11.8 Å². The van der Waals surface area contributed by atoms with E-state index >= 15 is 0 Å². The number of benzene rings is 2. The van der Waals surface area contributed by atoms with Crippen molar-refractivity contribution in [1.29, 1.82) is 0 Å². The lowest BCUT2D eigenvalue weighted by molar-refractivity contribution is -0.142. The number of methoxy groups -OCH3 is 1. The van der Waals surface area contributed by atoms with Crippen LogP contribution in [0.2, 0.25) is 0 Å². The second-order valence-corrected chi connectivity index (χ2v) is 8.58. The molecule has 0 saturated carbocycles. The predicted octanol–water partition coefficient (Wildman–Crippen LogP) is 3.13. The standard InChI is InChI=1S/C22H29N3O2S2/c1-27-21(26)20(10-15-29-2)23-22(28)25-13-11-24(12-14-25)16-18-8-5-7-17-6-3-4-9-19(17)18/h3-9,20H,10-16H2,1-2H3,(H,23,28)/t20-/m1/s1. The van der Waals surface area contributed by atoms with E-state index in [0.717, 1.165) is 38.5 Å². The molecule has 156 valence electrons. The van der Waals surface area contributed by atoms with Gasteiger partial charge >= 0.3 is 5.97 Å². The van der Waals surface area contributed by atoms with Gasteiger partial charge in [-0.15, -0.1) is 0 Å².